The van der Waals surface area contributed by atoms with E-state index < -0.39 is 51.5 Å². The molecule has 0 radical (unpaired) electrons. The van der Waals surface area contributed by atoms with Gasteiger partial charge in [0.2, 0.25) is 10.0 Å². The van der Waals surface area contributed by atoms with E-state index in [2.05, 4.69) is 4.74 Å². The van der Waals surface area contributed by atoms with Gasteiger partial charge >= 0.3 is 5.97 Å². The van der Waals surface area contributed by atoms with E-state index >= 15 is 0 Å². The molecule has 0 spiro atoms. The van der Waals surface area contributed by atoms with Crippen molar-refractivity contribution in [1.29, 1.82) is 0 Å². The lowest BCUT2D eigenvalue weighted by molar-refractivity contribution is -0.141. The minimum absolute atomic E-state index is 0.323. The maximum atomic E-state index is 13.5. The van der Waals surface area contributed by atoms with Crippen LogP contribution in [0.2, 0.25) is 0 Å². The second-order valence-corrected chi connectivity index (χ2v) is 6.53. The summed E-state index contributed by atoms with van der Waals surface area (Å²) in [5.41, 5.74) is 0.323. The fraction of sp³-hybridized carbons (Fsp3) is 0.125. The standard InChI is InChI=1S/C16H13F2NO5S/c17-12-7-4-8-13(18)16(12)25(22,23)19-9-15(21)24-10-14(20)11-5-2-1-3-6-11/h1-8,19H,9-10H2. The average molecular weight is 369 g/mol. The third kappa shape index (κ3) is 4.91. The van der Waals surface area contributed by atoms with Crippen LogP contribution in [0, 0.1) is 11.6 Å². The van der Waals surface area contributed by atoms with Gasteiger partial charge in [0.1, 0.15) is 18.2 Å². The SMILES string of the molecule is O=C(CNS(=O)(=O)c1c(F)cccc1F)OCC(=O)c1ccccc1. The van der Waals surface area contributed by atoms with Gasteiger partial charge in [0, 0.05) is 5.56 Å². The van der Waals surface area contributed by atoms with E-state index in [0.717, 1.165) is 18.2 Å². The van der Waals surface area contributed by atoms with Crippen molar-refractivity contribution in [3.63, 3.8) is 0 Å². The Morgan fingerprint density at radius 1 is 0.960 bits per heavy atom. The Labute approximate surface area is 142 Å². The van der Waals surface area contributed by atoms with Crippen LogP contribution < -0.4 is 4.72 Å². The van der Waals surface area contributed by atoms with Gasteiger partial charge in [-0.1, -0.05) is 36.4 Å². The molecule has 0 fully saturated rings. The number of ketones is 1. The monoisotopic (exact) mass is 369 g/mol. The molecule has 1 N–H and O–H groups in total. The van der Waals surface area contributed by atoms with Gasteiger partial charge in [-0.2, -0.15) is 4.72 Å². The molecule has 0 aliphatic heterocycles. The van der Waals surface area contributed by atoms with Gasteiger partial charge in [0.25, 0.3) is 0 Å². The molecule has 0 amide bonds. The fourth-order valence-corrected chi connectivity index (χ4v) is 2.97. The highest BCUT2D eigenvalue weighted by molar-refractivity contribution is 7.89. The van der Waals surface area contributed by atoms with Crippen LogP contribution in [0.3, 0.4) is 0 Å². The Morgan fingerprint density at radius 2 is 1.56 bits per heavy atom. The average Bonchev–Trinajstić information content (AvgIpc) is 2.58. The number of sulfonamides is 1. The maximum Gasteiger partial charge on any atom is 0.321 e. The number of ether oxygens (including phenoxy) is 1. The summed E-state index contributed by atoms with van der Waals surface area (Å²) in [7, 11) is -4.59. The number of nitrogens with one attached hydrogen (secondary N) is 1. The number of benzene rings is 2. The Morgan fingerprint density at radius 3 is 2.16 bits per heavy atom. The van der Waals surface area contributed by atoms with Gasteiger partial charge in [-0.05, 0) is 12.1 Å². The zero-order chi connectivity index (χ0) is 18.4. The first-order chi connectivity index (χ1) is 11.8. The molecular formula is C16H13F2NO5S. The minimum Gasteiger partial charge on any atom is -0.456 e. The lowest BCUT2D eigenvalue weighted by atomic mass is 10.1. The van der Waals surface area contributed by atoms with Crippen molar-refractivity contribution >= 4 is 21.8 Å². The lowest BCUT2D eigenvalue weighted by Crippen LogP contribution is -2.32. The van der Waals surface area contributed by atoms with Gasteiger partial charge in [-0.25, -0.2) is 17.2 Å². The molecule has 0 aliphatic carbocycles. The van der Waals surface area contributed by atoms with E-state index in [1.165, 1.54) is 12.1 Å². The fourth-order valence-electron chi connectivity index (χ4n) is 1.87. The van der Waals surface area contributed by atoms with E-state index in [0.29, 0.717) is 5.56 Å². The number of Topliss-reactive ketones (excluding diaryl/α,β-unsaturated/α-hetero) is 1. The van der Waals surface area contributed by atoms with Gasteiger partial charge in [0.15, 0.2) is 17.3 Å². The summed E-state index contributed by atoms with van der Waals surface area (Å²) >= 11 is 0. The van der Waals surface area contributed by atoms with Gasteiger partial charge in [-0.3, -0.25) is 9.59 Å². The summed E-state index contributed by atoms with van der Waals surface area (Å²) in [5.74, 6) is -4.12. The predicted molar refractivity (Wildman–Crippen MR) is 83.3 cm³/mol. The molecule has 132 valence electrons. The Hall–Kier alpha value is -2.65. The third-order valence-electron chi connectivity index (χ3n) is 3.05. The highest BCUT2D eigenvalue weighted by Gasteiger charge is 2.24. The molecule has 2 aromatic carbocycles. The van der Waals surface area contributed by atoms with Crippen molar-refractivity contribution in [3.8, 4) is 0 Å². The highest BCUT2D eigenvalue weighted by atomic mass is 32.2. The van der Waals surface area contributed by atoms with Crippen molar-refractivity contribution in [2.24, 2.45) is 0 Å². The quantitative estimate of drug-likeness (QED) is 0.592. The van der Waals surface area contributed by atoms with E-state index in [9.17, 15) is 26.8 Å². The number of esters is 1. The second-order valence-electron chi connectivity index (χ2n) is 4.83. The van der Waals surface area contributed by atoms with E-state index in [-0.39, 0.29) is 0 Å². The van der Waals surface area contributed by atoms with Crippen molar-refractivity contribution < 1.29 is 31.5 Å². The molecule has 9 heteroatoms. The Bertz CT molecular complexity index is 864. The van der Waals surface area contributed by atoms with Crippen LogP contribution in [0.15, 0.2) is 53.4 Å². The van der Waals surface area contributed by atoms with Gasteiger partial charge < -0.3 is 4.74 Å². The smallest absolute Gasteiger partial charge is 0.321 e. The van der Waals surface area contributed by atoms with Crippen LogP contribution in [0.1, 0.15) is 10.4 Å². The third-order valence-corrected chi connectivity index (χ3v) is 4.51. The Kier molecular flexibility index (Phi) is 5.94. The lowest BCUT2D eigenvalue weighted by Gasteiger charge is -2.08. The maximum absolute atomic E-state index is 13.5. The van der Waals surface area contributed by atoms with Crippen LogP contribution in [0.5, 0.6) is 0 Å². The summed E-state index contributed by atoms with van der Waals surface area (Å²) in [6, 6.07) is 10.6. The Balaban J connectivity index is 1.92. The zero-order valence-electron chi connectivity index (χ0n) is 12.7. The van der Waals surface area contributed by atoms with E-state index in [1.807, 2.05) is 0 Å². The molecule has 0 aromatic heterocycles. The summed E-state index contributed by atoms with van der Waals surface area (Å²) in [5, 5.41) is 0. The predicted octanol–water partition coefficient (Wildman–Crippen LogP) is 1.67. The normalized spacial score (nSPS) is 11.1. The highest BCUT2D eigenvalue weighted by Crippen LogP contribution is 2.17. The number of hydrogen-bond donors (Lipinski definition) is 1. The van der Waals surface area contributed by atoms with E-state index in [4.69, 9.17) is 0 Å². The number of halogens is 2. The largest absolute Gasteiger partial charge is 0.456 e. The van der Waals surface area contributed by atoms with Crippen LogP contribution in [0.25, 0.3) is 0 Å². The van der Waals surface area contributed by atoms with Crippen LogP contribution in [0.4, 0.5) is 8.78 Å². The summed E-state index contributed by atoms with van der Waals surface area (Å²) < 4.78 is 57.1. The van der Waals surface area contributed by atoms with Crippen molar-refractivity contribution in [2.75, 3.05) is 13.2 Å². The molecule has 0 bridgehead atoms. The number of carbonyl (C=O) groups is 2. The summed E-state index contributed by atoms with van der Waals surface area (Å²) in [6.45, 7) is -1.46. The number of rotatable bonds is 7. The van der Waals surface area contributed by atoms with Gasteiger partial charge in [-0.15, -0.1) is 0 Å². The molecule has 0 heterocycles. The first-order valence-corrected chi connectivity index (χ1v) is 8.47. The zero-order valence-corrected chi connectivity index (χ0v) is 13.6. The van der Waals surface area contributed by atoms with Crippen LogP contribution in [-0.4, -0.2) is 33.3 Å². The van der Waals surface area contributed by atoms with Crippen LogP contribution in [-0.2, 0) is 19.6 Å². The molecule has 2 aromatic rings. The molecule has 0 saturated heterocycles. The number of hydrogen-bond acceptors (Lipinski definition) is 5. The molecule has 0 saturated carbocycles. The van der Waals surface area contributed by atoms with Gasteiger partial charge in [0.05, 0.1) is 0 Å². The molecule has 2 rings (SSSR count). The van der Waals surface area contributed by atoms with Crippen molar-refractivity contribution in [3.05, 3.63) is 65.7 Å². The van der Waals surface area contributed by atoms with Crippen LogP contribution >= 0.6 is 0 Å². The van der Waals surface area contributed by atoms with E-state index in [1.54, 1.807) is 22.9 Å². The molecule has 0 atom stereocenters. The molecule has 0 unspecified atom stereocenters. The second kappa shape index (κ2) is 7.95. The molecule has 0 aliphatic rings. The summed E-state index contributed by atoms with van der Waals surface area (Å²) in [4.78, 5) is 22.1. The molecule has 25 heavy (non-hydrogen) atoms. The molecule has 6 nitrogen and oxygen atoms in total. The van der Waals surface area contributed by atoms with Crippen molar-refractivity contribution in [1.82, 2.24) is 4.72 Å². The molecular weight excluding hydrogens is 356 g/mol. The first kappa shape index (κ1) is 18.7. The number of carbonyl (C=O) groups excluding carboxylic acids is 2. The minimum atomic E-state index is -4.59. The first-order valence-electron chi connectivity index (χ1n) is 6.99. The topological polar surface area (TPSA) is 89.5 Å². The van der Waals surface area contributed by atoms with Crippen molar-refractivity contribution in [2.45, 2.75) is 4.90 Å². The summed E-state index contributed by atoms with van der Waals surface area (Å²) in [6.07, 6.45) is 0.